The van der Waals surface area contributed by atoms with Crippen molar-refractivity contribution in [1.82, 2.24) is 0 Å². The van der Waals surface area contributed by atoms with Gasteiger partial charge in [-0.25, -0.2) is 5.01 Å². The molecule has 2 aromatic carbocycles. The highest BCUT2D eigenvalue weighted by Gasteiger charge is 2.54. The Morgan fingerprint density at radius 1 is 1.14 bits per heavy atom. The smallest absolute Gasteiger partial charge is 0.0976 e. The zero-order valence-corrected chi connectivity index (χ0v) is 12.4. The first-order chi connectivity index (χ1) is 10.8. The third-order valence-electron chi connectivity index (χ3n) is 5.37. The number of hydrogen-bond acceptors (Lipinski definition) is 4. The summed E-state index contributed by atoms with van der Waals surface area (Å²) in [6, 6.07) is 17.0. The van der Waals surface area contributed by atoms with E-state index >= 15 is 0 Å². The molecule has 4 nitrogen and oxygen atoms in total. The highest BCUT2D eigenvalue weighted by atomic mass is 16.5. The lowest BCUT2D eigenvalue weighted by Gasteiger charge is -2.47. The molecule has 0 radical (unpaired) electrons. The molecule has 0 aliphatic carbocycles. The summed E-state index contributed by atoms with van der Waals surface area (Å²) in [5.41, 5.74) is 4.35. The second-order valence-electron chi connectivity index (χ2n) is 6.41. The van der Waals surface area contributed by atoms with Gasteiger partial charge in [0.25, 0.3) is 0 Å². The third kappa shape index (κ3) is 1.40. The maximum atomic E-state index is 6.24. The van der Waals surface area contributed by atoms with E-state index in [9.17, 15) is 0 Å². The fourth-order valence-corrected chi connectivity index (χ4v) is 4.31. The molecule has 3 aliphatic heterocycles. The molecule has 0 unspecified atom stereocenters. The van der Waals surface area contributed by atoms with Crippen molar-refractivity contribution < 1.29 is 4.74 Å². The van der Waals surface area contributed by atoms with Crippen LogP contribution in [0.15, 0.2) is 58.9 Å². The lowest BCUT2D eigenvalue weighted by molar-refractivity contribution is -0.0222. The molecule has 3 atom stereocenters. The second-order valence-corrected chi connectivity index (χ2v) is 6.41. The Bertz CT molecular complexity index is 787. The molecular formula is C18H17N3O. The Morgan fingerprint density at radius 3 is 2.91 bits per heavy atom. The minimum absolute atomic E-state index is 0.205. The van der Waals surface area contributed by atoms with Crippen LogP contribution >= 0.6 is 0 Å². The van der Waals surface area contributed by atoms with Gasteiger partial charge >= 0.3 is 0 Å². The van der Waals surface area contributed by atoms with Gasteiger partial charge in [-0.3, -0.25) is 0 Å². The fourth-order valence-electron chi connectivity index (χ4n) is 4.31. The molecule has 0 saturated carbocycles. The summed E-state index contributed by atoms with van der Waals surface area (Å²) in [5, 5.41) is 11.0. The van der Waals surface area contributed by atoms with Gasteiger partial charge in [0.2, 0.25) is 0 Å². The average Bonchev–Trinajstić information content (AvgIpc) is 2.97. The SMILES string of the molecule is C[C@]12OCC[C@H]1[C@H]1c3ccccc3N=NN1c1ccccc12. The molecule has 4 heteroatoms. The monoisotopic (exact) mass is 291 g/mol. The van der Waals surface area contributed by atoms with E-state index in [2.05, 4.69) is 58.7 Å². The molecule has 5 rings (SSSR count). The maximum absolute atomic E-state index is 6.24. The first-order valence-corrected chi connectivity index (χ1v) is 7.82. The Kier molecular flexibility index (Phi) is 2.34. The van der Waals surface area contributed by atoms with Crippen LogP contribution in [0.1, 0.15) is 30.5 Å². The van der Waals surface area contributed by atoms with Crippen molar-refractivity contribution in [2.24, 2.45) is 16.3 Å². The van der Waals surface area contributed by atoms with Crippen LogP contribution in [0.4, 0.5) is 11.4 Å². The van der Waals surface area contributed by atoms with Gasteiger partial charge in [0.15, 0.2) is 0 Å². The first-order valence-electron chi connectivity index (χ1n) is 7.82. The summed E-state index contributed by atoms with van der Waals surface area (Å²) in [5.74, 6) is 0.391. The quantitative estimate of drug-likeness (QED) is 0.716. The van der Waals surface area contributed by atoms with Crippen LogP contribution in [0.3, 0.4) is 0 Å². The van der Waals surface area contributed by atoms with Gasteiger partial charge in [0.05, 0.1) is 23.0 Å². The molecule has 1 fully saturated rings. The Balaban J connectivity index is 1.79. The van der Waals surface area contributed by atoms with E-state index < -0.39 is 0 Å². The van der Waals surface area contributed by atoms with E-state index in [1.165, 1.54) is 11.1 Å². The number of anilines is 1. The highest BCUT2D eigenvalue weighted by Crippen LogP contribution is 2.58. The lowest BCUT2D eigenvalue weighted by Crippen LogP contribution is -2.45. The van der Waals surface area contributed by atoms with E-state index in [4.69, 9.17) is 4.74 Å². The maximum Gasteiger partial charge on any atom is 0.0976 e. The van der Waals surface area contributed by atoms with Crippen LogP contribution in [0.2, 0.25) is 0 Å². The molecule has 0 aromatic heterocycles. The molecule has 3 heterocycles. The van der Waals surface area contributed by atoms with Gasteiger partial charge in [-0.1, -0.05) is 41.6 Å². The van der Waals surface area contributed by atoms with E-state index in [1.807, 2.05) is 12.1 Å². The number of hydrogen-bond donors (Lipinski definition) is 0. The molecule has 3 aliphatic rings. The molecule has 1 saturated heterocycles. The summed E-state index contributed by atoms with van der Waals surface area (Å²) >= 11 is 0. The summed E-state index contributed by atoms with van der Waals surface area (Å²) < 4.78 is 6.24. The van der Waals surface area contributed by atoms with Crippen molar-refractivity contribution in [3.8, 4) is 0 Å². The minimum atomic E-state index is -0.238. The molecule has 22 heavy (non-hydrogen) atoms. The van der Waals surface area contributed by atoms with E-state index in [1.54, 1.807) is 0 Å². The van der Waals surface area contributed by atoms with Crippen molar-refractivity contribution in [2.45, 2.75) is 25.0 Å². The van der Waals surface area contributed by atoms with Crippen molar-refractivity contribution in [3.63, 3.8) is 0 Å². The zero-order chi connectivity index (χ0) is 14.7. The van der Waals surface area contributed by atoms with E-state index in [0.717, 1.165) is 24.4 Å². The molecule has 0 bridgehead atoms. The van der Waals surface area contributed by atoms with Crippen molar-refractivity contribution in [1.29, 1.82) is 0 Å². The number of benzene rings is 2. The van der Waals surface area contributed by atoms with Gasteiger partial charge in [0.1, 0.15) is 0 Å². The average molecular weight is 291 g/mol. The van der Waals surface area contributed by atoms with Gasteiger partial charge in [0, 0.05) is 23.7 Å². The van der Waals surface area contributed by atoms with Crippen LogP contribution in [0.25, 0.3) is 0 Å². The van der Waals surface area contributed by atoms with Gasteiger partial charge < -0.3 is 4.74 Å². The van der Waals surface area contributed by atoms with Crippen LogP contribution in [0.5, 0.6) is 0 Å². The fraction of sp³-hybridized carbons (Fsp3) is 0.333. The first kappa shape index (κ1) is 12.4. The predicted octanol–water partition coefficient (Wildman–Crippen LogP) is 4.51. The predicted molar refractivity (Wildman–Crippen MR) is 84.0 cm³/mol. The third-order valence-corrected chi connectivity index (χ3v) is 5.37. The topological polar surface area (TPSA) is 37.2 Å². The Morgan fingerprint density at radius 2 is 1.95 bits per heavy atom. The summed E-state index contributed by atoms with van der Waals surface area (Å²) in [6.07, 6.45) is 1.05. The number of ether oxygens (including phenoxy) is 1. The van der Waals surface area contributed by atoms with Crippen LogP contribution in [-0.2, 0) is 10.3 Å². The van der Waals surface area contributed by atoms with E-state index in [0.29, 0.717) is 5.92 Å². The number of para-hydroxylation sites is 1. The molecular weight excluding hydrogens is 274 g/mol. The van der Waals surface area contributed by atoms with Crippen LogP contribution in [-0.4, -0.2) is 6.61 Å². The van der Waals surface area contributed by atoms with Crippen LogP contribution in [0, 0.1) is 5.92 Å². The molecule has 0 N–H and O–H groups in total. The van der Waals surface area contributed by atoms with Gasteiger partial charge in [-0.15, -0.1) is 5.11 Å². The summed E-state index contributed by atoms with van der Waals surface area (Å²) in [6.45, 7) is 3.04. The Hall–Kier alpha value is -2.20. The van der Waals surface area contributed by atoms with E-state index in [-0.39, 0.29) is 11.6 Å². The lowest BCUT2D eigenvalue weighted by atomic mass is 9.72. The summed E-state index contributed by atoms with van der Waals surface area (Å²) in [4.78, 5) is 0. The van der Waals surface area contributed by atoms with Crippen molar-refractivity contribution in [3.05, 3.63) is 59.7 Å². The second kappa shape index (κ2) is 4.17. The normalized spacial score (nSPS) is 31.2. The Labute approximate surface area is 129 Å². The molecule has 2 aromatic rings. The molecule has 110 valence electrons. The number of fused-ring (bicyclic) bond motifs is 8. The van der Waals surface area contributed by atoms with Gasteiger partial charge in [-0.2, -0.15) is 0 Å². The zero-order valence-electron chi connectivity index (χ0n) is 12.4. The number of nitrogens with zero attached hydrogens (tertiary/aromatic N) is 3. The van der Waals surface area contributed by atoms with Crippen LogP contribution < -0.4 is 5.01 Å². The molecule has 0 spiro atoms. The standard InChI is InChI=1S/C18H17N3O/c1-18-13-7-3-5-9-16(13)21-17(14(18)10-11-22-18)12-6-2-4-8-15(12)19-20-21/h2-9,14,17H,10-11H2,1H3/t14-,17+,18+/m0/s1. The van der Waals surface area contributed by atoms with Gasteiger partial charge in [-0.05, 0) is 25.5 Å². The minimum Gasteiger partial charge on any atom is -0.370 e. The van der Waals surface area contributed by atoms with Crippen molar-refractivity contribution >= 4 is 11.4 Å². The summed E-state index contributed by atoms with van der Waals surface area (Å²) in [7, 11) is 0. The van der Waals surface area contributed by atoms with Crippen molar-refractivity contribution in [2.75, 3.05) is 11.6 Å². The highest BCUT2D eigenvalue weighted by molar-refractivity contribution is 5.64. The molecule has 0 amide bonds. The number of rotatable bonds is 0. The largest absolute Gasteiger partial charge is 0.370 e.